The van der Waals surface area contributed by atoms with Gasteiger partial charge in [-0.15, -0.1) is 0 Å². The largest absolute Gasteiger partial charge is 0.489 e. The van der Waals surface area contributed by atoms with Crippen LogP contribution in [0.2, 0.25) is 0 Å². The highest BCUT2D eigenvalue weighted by atomic mass is 16.5. The van der Waals surface area contributed by atoms with Gasteiger partial charge in [-0.3, -0.25) is 4.79 Å². The molecule has 0 amide bonds. The maximum Gasteiger partial charge on any atom is 0.194 e. The van der Waals surface area contributed by atoms with Crippen molar-refractivity contribution < 1.29 is 13.9 Å². The lowest BCUT2D eigenvalue weighted by atomic mass is 10.2. The summed E-state index contributed by atoms with van der Waals surface area (Å²) in [5, 5.41) is 3.94. The second kappa shape index (κ2) is 5.23. The van der Waals surface area contributed by atoms with Crippen LogP contribution in [0.4, 0.5) is 0 Å². The monoisotopic (exact) mass is 247 g/mol. The Hall–Kier alpha value is -1.81. The van der Waals surface area contributed by atoms with Crippen LogP contribution in [0.3, 0.4) is 0 Å². The first kappa shape index (κ1) is 12.6. The molecule has 0 saturated heterocycles. The molecule has 1 N–H and O–H groups in total. The molecule has 0 fully saturated rings. The van der Waals surface area contributed by atoms with Gasteiger partial charge in [-0.25, -0.2) is 0 Å². The first-order valence-corrected chi connectivity index (χ1v) is 5.96. The van der Waals surface area contributed by atoms with Crippen LogP contribution < -0.4 is 10.1 Å². The molecule has 0 bridgehead atoms. The van der Waals surface area contributed by atoms with Crippen molar-refractivity contribution in [3.8, 4) is 5.75 Å². The van der Waals surface area contributed by atoms with Gasteiger partial charge < -0.3 is 14.5 Å². The number of ketones is 1. The third-order valence-corrected chi connectivity index (χ3v) is 2.66. The lowest BCUT2D eigenvalue weighted by Gasteiger charge is -2.13. The molecule has 4 heteroatoms. The Labute approximate surface area is 106 Å². The van der Waals surface area contributed by atoms with E-state index in [1.165, 1.54) is 6.92 Å². The minimum Gasteiger partial charge on any atom is -0.489 e. The van der Waals surface area contributed by atoms with Crippen molar-refractivity contribution >= 4 is 16.8 Å². The number of hydrogen-bond donors (Lipinski definition) is 1. The van der Waals surface area contributed by atoms with Gasteiger partial charge in [0.15, 0.2) is 11.5 Å². The summed E-state index contributed by atoms with van der Waals surface area (Å²) >= 11 is 0. The van der Waals surface area contributed by atoms with Crippen LogP contribution >= 0.6 is 0 Å². The van der Waals surface area contributed by atoms with Crippen molar-refractivity contribution in [2.75, 3.05) is 13.6 Å². The Morgan fingerprint density at radius 3 is 2.89 bits per heavy atom. The standard InChI is InChI=1S/C14H17NO3/c1-9(8-15-3)17-12-4-5-13-11(6-12)7-14(18-13)10(2)16/h4-7,9,15H,8H2,1-3H3/t9-/m1/s1. The first-order chi connectivity index (χ1) is 8.60. The highest BCUT2D eigenvalue weighted by Crippen LogP contribution is 2.25. The molecule has 4 nitrogen and oxygen atoms in total. The van der Waals surface area contributed by atoms with Gasteiger partial charge in [-0.05, 0) is 38.2 Å². The number of rotatable bonds is 5. The molecule has 1 aromatic heterocycles. The molecule has 0 saturated carbocycles. The molecule has 0 radical (unpaired) electrons. The van der Waals surface area contributed by atoms with E-state index in [9.17, 15) is 4.79 Å². The van der Waals surface area contributed by atoms with Crippen molar-refractivity contribution in [2.45, 2.75) is 20.0 Å². The third kappa shape index (κ3) is 2.71. The summed E-state index contributed by atoms with van der Waals surface area (Å²) < 4.78 is 11.2. The summed E-state index contributed by atoms with van der Waals surface area (Å²) in [6.07, 6.45) is 0.0895. The summed E-state index contributed by atoms with van der Waals surface area (Å²) in [6, 6.07) is 7.30. The minimum atomic E-state index is -0.0720. The van der Waals surface area contributed by atoms with E-state index in [2.05, 4.69) is 5.32 Å². The van der Waals surface area contributed by atoms with E-state index in [4.69, 9.17) is 9.15 Å². The van der Waals surface area contributed by atoms with Crippen molar-refractivity contribution in [1.29, 1.82) is 0 Å². The molecule has 0 aliphatic carbocycles. The Balaban J connectivity index is 2.24. The molecular formula is C14H17NO3. The molecule has 18 heavy (non-hydrogen) atoms. The Kier molecular flexibility index (Phi) is 3.67. The summed E-state index contributed by atoms with van der Waals surface area (Å²) in [7, 11) is 1.89. The average molecular weight is 247 g/mol. The zero-order valence-corrected chi connectivity index (χ0v) is 10.8. The van der Waals surface area contributed by atoms with Gasteiger partial charge in [0.2, 0.25) is 0 Å². The van der Waals surface area contributed by atoms with E-state index in [1.54, 1.807) is 6.07 Å². The van der Waals surface area contributed by atoms with Crippen molar-refractivity contribution in [3.63, 3.8) is 0 Å². The van der Waals surface area contributed by atoms with Crippen molar-refractivity contribution in [1.82, 2.24) is 5.32 Å². The number of ether oxygens (including phenoxy) is 1. The van der Waals surface area contributed by atoms with Crippen LogP contribution in [0.1, 0.15) is 24.4 Å². The molecule has 0 aliphatic heterocycles. The van der Waals surface area contributed by atoms with Crippen LogP contribution in [0.5, 0.6) is 5.75 Å². The predicted molar refractivity (Wildman–Crippen MR) is 70.2 cm³/mol. The number of carbonyl (C=O) groups excluding carboxylic acids is 1. The van der Waals surface area contributed by atoms with Gasteiger partial charge in [-0.1, -0.05) is 0 Å². The SMILES string of the molecule is CNC[C@@H](C)Oc1ccc2oc(C(C)=O)cc2c1. The number of furan rings is 1. The van der Waals surface area contributed by atoms with E-state index < -0.39 is 0 Å². The predicted octanol–water partition coefficient (Wildman–Crippen LogP) is 2.62. The van der Waals surface area contributed by atoms with Crippen LogP contribution in [0.15, 0.2) is 28.7 Å². The summed E-state index contributed by atoms with van der Waals surface area (Å²) in [5.74, 6) is 1.09. The molecule has 1 heterocycles. The summed E-state index contributed by atoms with van der Waals surface area (Å²) in [4.78, 5) is 11.2. The first-order valence-electron chi connectivity index (χ1n) is 5.96. The molecule has 2 aromatic rings. The quantitative estimate of drug-likeness (QED) is 0.825. The maximum absolute atomic E-state index is 11.2. The number of nitrogens with one attached hydrogen (secondary N) is 1. The van der Waals surface area contributed by atoms with Crippen LogP contribution in [-0.2, 0) is 0 Å². The number of benzene rings is 1. The van der Waals surface area contributed by atoms with Crippen LogP contribution in [-0.4, -0.2) is 25.5 Å². The smallest absolute Gasteiger partial charge is 0.194 e. The van der Waals surface area contributed by atoms with Gasteiger partial charge in [0, 0.05) is 18.9 Å². The number of fused-ring (bicyclic) bond motifs is 1. The lowest BCUT2D eigenvalue weighted by Crippen LogP contribution is -2.25. The van der Waals surface area contributed by atoms with Crippen LogP contribution in [0.25, 0.3) is 11.0 Å². The zero-order valence-electron chi connectivity index (χ0n) is 10.8. The van der Waals surface area contributed by atoms with E-state index >= 15 is 0 Å². The molecule has 1 atom stereocenters. The van der Waals surface area contributed by atoms with Crippen molar-refractivity contribution in [3.05, 3.63) is 30.0 Å². The average Bonchev–Trinajstić information content (AvgIpc) is 2.72. The normalized spacial score (nSPS) is 12.6. The number of Topliss-reactive ketones (excluding diaryl/α,β-unsaturated/α-hetero) is 1. The summed E-state index contributed by atoms with van der Waals surface area (Å²) in [5.41, 5.74) is 0.703. The molecule has 0 unspecified atom stereocenters. The maximum atomic E-state index is 11.2. The molecule has 0 spiro atoms. The van der Waals surface area contributed by atoms with E-state index in [-0.39, 0.29) is 11.9 Å². The number of hydrogen-bond acceptors (Lipinski definition) is 4. The lowest BCUT2D eigenvalue weighted by molar-refractivity contribution is 0.0989. The van der Waals surface area contributed by atoms with Gasteiger partial charge in [-0.2, -0.15) is 0 Å². The minimum absolute atomic E-state index is 0.0720. The second-order valence-corrected chi connectivity index (χ2v) is 4.35. The fraction of sp³-hybridized carbons (Fsp3) is 0.357. The number of carbonyl (C=O) groups is 1. The molecule has 96 valence electrons. The topological polar surface area (TPSA) is 51.5 Å². The molecule has 0 aliphatic rings. The highest BCUT2D eigenvalue weighted by molar-refractivity contribution is 5.96. The Bertz CT molecular complexity index is 559. The second-order valence-electron chi connectivity index (χ2n) is 4.35. The van der Waals surface area contributed by atoms with Gasteiger partial charge >= 0.3 is 0 Å². The molecule has 2 rings (SSSR count). The molecular weight excluding hydrogens is 230 g/mol. The third-order valence-electron chi connectivity index (χ3n) is 2.66. The zero-order chi connectivity index (χ0) is 13.1. The van der Waals surface area contributed by atoms with E-state index in [0.29, 0.717) is 11.3 Å². The van der Waals surface area contributed by atoms with E-state index in [1.807, 2.05) is 32.2 Å². The van der Waals surface area contributed by atoms with Gasteiger partial charge in [0.25, 0.3) is 0 Å². The fourth-order valence-corrected chi connectivity index (χ4v) is 1.83. The van der Waals surface area contributed by atoms with Crippen molar-refractivity contribution in [2.24, 2.45) is 0 Å². The van der Waals surface area contributed by atoms with Crippen LogP contribution in [0, 0.1) is 0 Å². The Morgan fingerprint density at radius 2 is 2.22 bits per heavy atom. The Morgan fingerprint density at radius 1 is 1.44 bits per heavy atom. The summed E-state index contributed by atoms with van der Waals surface area (Å²) in [6.45, 7) is 4.27. The fourth-order valence-electron chi connectivity index (χ4n) is 1.83. The van der Waals surface area contributed by atoms with E-state index in [0.717, 1.165) is 17.7 Å². The van der Waals surface area contributed by atoms with Gasteiger partial charge in [0.05, 0.1) is 0 Å². The highest BCUT2D eigenvalue weighted by Gasteiger charge is 2.09. The number of likely N-dealkylation sites (N-methyl/N-ethyl adjacent to an activating group) is 1. The van der Waals surface area contributed by atoms with Gasteiger partial charge in [0.1, 0.15) is 17.4 Å². The molecule has 1 aromatic carbocycles.